The molecule has 1 aromatic carbocycles. The third-order valence-electron chi connectivity index (χ3n) is 4.72. The van der Waals surface area contributed by atoms with Gasteiger partial charge in [-0.15, -0.1) is 0 Å². The van der Waals surface area contributed by atoms with Crippen LogP contribution in [-0.2, 0) is 11.3 Å². The summed E-state index contributed by atoms with van der Waals surface area (Å²) in [5.41, 5.74) is 2.02. The molecule has 2 aromatic rings. The molecule has 0 bridgehead atoms. The minimum atomic E-state index is -0.332. The number of hydrogen-bond acceptors (Lipinski definition) is 4. The van der Waals surface area contributed by atoms with Crippen molar-refractivity contribution in [1.82, 2.24) is 14.7 Å². The highest BCUT2D eigenvalue weighted by Crippen LogP contribution is 2.33. The molecule has 1 amide bonds. The summed E-state index contributed by atoms with van der Waals surface area (Å²) in [4.78, 5) is 14.1. The molecule has 1 aromatic heterocycles. The molecule has 1 aliphatic heterocycles. The van der Waals surface area contributed by atoms with Crippen molar-refractivity contribution in [2.45, 2.75) is 32.4 Å². The average Bonchev–Trinajstić information content (AvgIpc) is 3.27. The number of nitrogens with zero attached hydrogens (tertiary/aromatic N) is 3. The SMILES string of the molecule is CC(C)n1cc([C@@H]2CN(C(=O)OCc3ccccc3)C[C@H]2CO)cn1. The number of carbonyl (C=O) groups is 1. The zero-order chi connectivity index (χ0) is 17.8. The van der Waals surface area contributed by atoms with Crippen LogP contribution in [0.1, 0.15) is 36.9 Å². The van der Waals surface area contributed by atoms with Crippen LogP contribution < -0.4 is 0 Å². The lowest BCUT2D eigenvalue weighted by atomic mass is 9.92. The number of likely N-dealkylation sites (tertiary alicyclic amines) is 1. The molecule has 0 spiro atoms. The highest BCUT2D eigenvalue weighted by atomic mass is 16.6. The van der Waals surface area contributed by atoms with E-state index in [0.29, 0.717) is 13.1 Å². The summed E-state index contributed by atoms with van der Waals surface area (Å²) < 4.78 is 7.32. The van der Waals surface area contributed by atoms with Crippen LogP contribution in [0.5, 0.6) is 0 Å². The van der Waals surface area contributed by atoms with Gasteiger partial charge in [0.2, 0.25) is 0 Å². The van der Waals surface area contributed by atoms with E-state index < -0.39 is 0 Å². The first-order valence-electron chi connectivity index (χ1n) is 8.69. The molecule has 1 N–H and O–H groups in total. The summed E-state index contributed by atoms with van der Waals surface area (Å²) in [5.74, 6) is 0.0934. The van der Waals surface area contributed by atoms with Gasteiger partial charge in [-0.2, -0.15) is 5.10 Å². The molecule has 0 radical (unpaired) electrons. The quantitative estimate of drug-likeness (QED) is 0.906. The predicted octanol–water partition coefficient (Wildman–Crippen LogP) is 2.81. The number of benzene rings is 1. The first-order valence-corrected chi connectivity index (χ1v) is 8.69. The van der Waals surface area contributed by atoms with Crippen LogP contribution >= 0.6 is 0 Å². The molecule has 134 valence electrons. The number of aliphatic hydroxyl groups excluding tert-OH is 1. The lowest BCUT2D eigenvalue weighted by Gasteiger charge is -2.16. The number of amides is 1. The van der Waals surface area contributed by atoms with E-state index in [1.54, 1.807) is 4.90 Å². The topological polar surface area (TPSA) is 67.6 Å². The maximum Gasteiger partial charge on any atom is 0.410 e. The lowest BCUT2D eigenvalue weighted by Crippen LogP contribution is -2.29. The Hall–Kier alpha value is -2.34. The van der Waals surface area contributed by atoms with Gasteiger partial charge < -0.3 is 14.7 Å². The molecule has 1 aliphatic rings. The Kier molecular flexibility index (Phi) is 5.38. The van der Waals surface area contributed by atoms with Crippen LogP contribution in [-0.4, -0.2) is 45.6 Å². The fourth-order valence-electron chi connectivity index (χ4n) is 3.22. The molecular formula is C19H25N3O3. The van der Waals surface area contributed by atoms with Crippen molar-refractivity contribution >= 4 is 6.09 Å². The van der Waals surface area contributed by atoms with E-state index in [1.807, 2.05) is 47.4 Å². The first-order chi connectivity index (χ1) is 12.1. The van der Waals surface area contributed by atoms with Crippen molar-refractivity contribution in [3.05, 3.63) is 53.9 Å². The van der Waals surface area contributed by atoms with Crippen LogP contribution in [0.15, 0.2) is 42.7 Å². The van der Waals surface area contributed by atoms with Gasteiger partial charge in [0.15, 0.2) is 0 Å². The molecule has 6 heteroatoms. The van der Waals surface area contributed by atoms with Gasteiger partial charge in [-0.25, -0.2) is 4.79 Å². The van der Waals surface area contributed by atoms with Gasteiger partial charge in [0.05, 0.1) is 6.20 Å². The van der Waals surface area contributed by atoms with Gasteiger partial charge in [0, 0.05) is 43.8 Å². The smallest absolute Gasteiger partial charge is 0.410 e. The first kappa shape index (κ1) is 17.5. The highest BCUT2D eigenvalue weighted by Gasteiger charge is 2.37. The fourth-order valence-corrected chi connectivity index (χ4v) is 3.22. The van der Waals surface area contributed by atoms with E-state index >= 15 is 0 Å². The van der Waals surface area contributed by atoms with Gasteiger partial charge in [0.1, 0.15) is 6.61 Å². The highest BCUT2D eigenvalue weighted by molar-refractivity contribution is 5.68. The van der Waals surface area contributed by atoms with E-state index in [1.165, 1.54) is 0 Å². The largest absolute Gasteiger partial charge is 0.445 e. The number of ether oxygens (including phenoxy) is 1. The van der Waals surface area contributed by atoms with Crippen molar-refractivity contribution in [1.29, 1.82) is 0 Å². The Labute approximate surface area is 148 Å². The normalized spacial score (nSPS) is 20.2. The second kappa shape index (κ2) is 7.70. The summed E-state index contributed by atoms with van der Waals surface area (Å²) in [6.45, 7) is 5.49. The lowest BCUT2D eigenvalue weighted by molar-refractivity contribution is 0.101. The molecule has 2 atom stereocenters. The molecule has 25 heavy (non-hydrogen) atoms. The number of rotatable bonds is 5. The van der Waals surface area contributed by atoms with Crippen molar-refractivity contribution in [2.75, 3.05) is 19.7 Å². The van der Waals surface area contributed by atoms with E-state index in [4.69, 9.17) is 4.74 Å². The van der Waals surface area contributed by atoms with Crippen LogP contribution in [0.3, 0.4) is 0 Å². The maximum absolute atomic E-state index is 12.4. The van der Waals surface area contributed by atoms with Gasteiger partial charge in [0.25, 0.3) is 0 Å². The van der Waals surface area contributed by atoms with E-state index in [-0.39, 0.29) is 37.2 Å². The van der Waals surface area contributed by atoms with Gasteiger partial charge in [-0.1, -0.05) is 30.3 Å². The molecule has 0 aliphatic carbocycles. The number of aromatic nitrogens is 2. The van der Waals surface area contributed by atoms with E-state index in [2.05, 4.69) is 18.9 Å². The van der Waals surface area contributed by atoms with Crippen molar-refractivity contribution < 1.29 is 14.6 Å². The Morgan fingerprint density at radius 3 is 2.72 bits per heavy atom. The molecule has 2 heterocycles. The van der Waals surface area contributed by atoms with Gasteiger partial charge >= 0.3 is 6.09 Å². The van der Waals surface area contributed by atoms with Gasteiger partial charge in [-0.3, -0.25) is 4.68 Å². The second-order valence-corrected chi connectivity index (χ2v) is 6.84. The van der Waals surface area contributed by atoms with Crippen molar-refractivity contribution in [3.8, 4) is 0 Å². The Bertz CT molecular complexity index is 699. The number of aliphatic hydroxyl groups is 1. The zero-order valence-electron chi connectivity index (χ0n) is 14.7. The summed E-state index contributed by atoms with van der Waals surface area (Å²) >= 11 is 0. The average molecular weight is 343 g/mol. The summed E-state index contributed by atoms with van der Waals surface area (Å²) in [6.07, 6.45) is 3.52. The van der Waals surface area contributed by atoms with Crippen LogP contribution in [0, 0.1) is 5.92 Å². The van der Waals surface area contributed by atoms with E-state index in [9.17, 15) is 9.90 Å². The molecule has 3 rings (SSSR count). The minimum absolute atomic E-state index is 0.00841. The van der Waals surface area contributed by atoms with Gasteiger partial charge in [-0.05, 0) is 25.0 Å². The van der Waals surface area contributed by atoms with Crippen molar-refractivity contribution in [3.63, 3.8) is 0 Å². The standard InChI is InChI=1S/C19H25N3O3/c1-14(2)22-10-16(8-20-22)18-11-21(9-17(18)12-23)19(24)25-13-15-6-4-3-5-7-15/h3-8,10,14,17-18,23H,9,11-13H2,1-2H3/t17-,18-/m0/s1. The van der Waals surface area contributed by atoms with Crippen molar-refractivity contribution in [2.24, 2.45) is 5.92 Å². The Morgan fingerprint density at radius 1 is 1.32 bits per heavy atom. The summed E-state index contributed by atoms with van der Waals surface area (Å²) in [6, 6.07) is 9.91. The Balaban J connectivity index is 1.63. The Morgan fingerprint density at radius 2 is 2.08 bits per heavy atom. The van der Waals surface area contributed by atoms with Crippen LogP contribution in [0.4, 0.5) is 4.79 Å². The molecule has 6 nitrogen and oxygen atoms in total. The molecule has 1 fully saturated rings. The second-order valence-electron chi connectivity index (χ2n) is 6.84. The van der Waals surface area contributed by atoms with Crippen LogP contribution in [0.25, 0.3) is 0 Å². The summed E-state index contributed by atoms with van der Waals surface area (Å²) in [5, 5.41) is 14.1. The molecular weight excluding hydrogens is 318 g/mol. The third kappa shape index (κ3) is 4.02. The number of carbonyl (C=O) groups excluding carboxylic acids is 1. The monoisotopic (exact) mass is 343 g/mol. The molecule has 0 saturated carbocycles. The zero-order valence-corrected chi connectivity index (χ0v) is 14.7. The number of hydrogen-bond donors (Lipinski definition) is 1. The fraction of sp³-hybridized carbons (Fsp3) is 0.474. The minimum Gasteiger partial charge on any atom is -0.445 e. The van der Waals surface area contributed by atoms with E-state index in [0.717, 1.165) is 11.1 Å². The van der Waals surface area contributed by atoms with Crippen LogP contribution in [0.2, 0.25) is 0 Å². The third-order valence-corrected chi connectivity index (χ3v) is 4.72. The molecule has 1 saturated heterocycles. The predicted molar refractivity (Wildman–Crippen MR) is 94.1 cm³/mol. The maximum atomic E-state index is 12.4. The molecule has 0 unspecified atom stereocenters. The summed E-state index contributed by atoms with van der Waals surface area (Å²) in [7, 11) is 0.